The van der Waals surface area contributed by atoms with Crippen LogP contribution in [0.5, 0.6) is 5.75 Å². The lowest BCUT2D eigenvalue weighted by Crippen LogP contribution is -2.38. The Kier molecular flexibility index (Phi) is 8.09. The number of benzene rings is 3. The molecule has 0 spiro atoms. The molecule has 32 heavy (non-hydrogen) atoms. The molecule has 3 aromatic rings. The fourth-order valence-corrected chi connectivity index (χ4v) is 3.44. The molecule has 0 saturated carbocycles. The van der Waals surface area contributed by atoms with Crippen LogP contribution in [0, 0.1) is 5.82 Å². The number of anilines is 1. The molecule has 0 heterocycles. The van der Waals surface area contributed by atoms with Gasteiger partial charge in [-0.05, 0) is 55.0 Å². The molecular weight excluding hydrogens is 454 g/mol. The number of likely N-dealkylation sites (N-methyl/N-ethyl adjacent to an activating group) is 1. The predicted molar refractivity (Wildman–Crippen MR) is 124 cm³/mol. The number of carbonyl (C=O) groups excluding carboxylic acids is 2. The van der Waals surface area contributed by atoms with E-state index in [0.717, 1.165) is 5.56 Å². The van der Waals surface area contributed by atoms with Crippen LogP contribution in [0.3, 0.4) is 0 Å². The van der Waals surface area contributed by atoms with Crippen LogP contribution < -0.4 is 10.1 Å². The molecule has 0 unspecified atom stereocenters. The van der Waals surface area contributed by atoms with Gasteiger partial charge in [-0.2, -0.15) is 0 Å². The maximum Gasteiger partial charge on any atom is 0.254 e. The summed E-state index contributed by atoms with van der Waals surface area (Å²) in [6.45, 7) is 2.17. The fourth-order valence-electron chi connectivity index (χ4n) is 2.95. The first-order valence-corrected chi connectivity index (χ1v) is 10.6. The number of rotatable bonds is 8. The number of carbonyl (C=O) groups is 2. The average Bonchev–Trinajstić information content (AvgIpc) is 2.79. The number of para-hydroxylation sites is 1. The largest absolute Gasteiger partial charge is 0.489 e. The van der Waals surface area contributed by atoms with Gasteiger partial charge in [0.15, 0.2) is 0 Å². The third-order valence-corrected chi connectivity index (χ3v) is 5.26. The summed E-state index contributed by atoms with van der Waals surface area (Å²) in [6, 6.07) is 17.6. The minimum absolute atomic E-state index is 0.169. The van der Waals surface area contributed by atoms with E-state index in [1.165, 1.54) is 17.0 Å². The molecule has 2 amide bonds. The van der Waals surface area contributed by atoms with Crippen LogP contribution in [0.15, 0.2) is 66.7 Å². The van der Waals surface area contributed by atoms with E-state index in [1.807, 2.05) is 0 Å². The van der Waals surface area contributed by atoms with Gasteiger partial charge in [0.1, 0.15) is 24.7 Å². The lowest BCUT2D eigenvalue weighted by molar-refractivity contribution is -0.116. The van der Waals surface area contributed by atoms with E-state index in [1.54, 1.807) is 61.5 Å². The topological polar surface area (TPSA) is 58.6 Å². The fraction of sp³-hybridized carbons (Fsp3) is 0.167. The van der Waals surface area contributed by atoms with Crippen molar-refractivity contribution in [3.05, 3.63) is 93.7 Å². The van der Waals surface area contributed by atoms with Crippen molar-refractivity contribution in [1.82, 2.24) is 4.90 Å². The zero-order valence-electron chi connectivity index (χ0n) is 17.3. The summed E-state index contributed by atoms with van der Waals surface area (Å²) in [5, 5.41) is 3.28. The average molecular weight is 475 g/mol. The van der Waals surface area contributed by atoms with Crippen LogP contribution >= 0.6 is 23.2 Å². The summed E-state index contributed by atoms with van der Waals surface area (Å²) >= 11 is 12.2. The molecule has 0 aromatic heterocycles. The maximum absolute atomic E-state index is 13.0. The van der Waals surface area contributed by atoms with E-state index in [-0.39, 0.29) is 24.9 Å². The third-order valence-electron chi connectivity index (χ3n) is 4.63. The molecule has 0 aliphatic heterocycles. The van der Waals surface area contributed by atoms with Gasteiger partial charge >= 0.3 is 0 Å². The van der Waals surface area contributed by atoms with Gasteiger partial charge in [0, 0.05) is 12.1 Å². The summed E-state index contributed by atoms with van der Waals surface area (Å²) < 4.78 is 18.7. The molecule has 0 atom stereocenters. The molecule has 0 fully saturated rings. The first kappa shape index (κ1) is 23.6. The minimum Gasteiger partial charge on any atom is -0.489 e. The molecule has 5 nitrogen and oxygen atoms in total. The van der Waals surface area contributed by atoms with E-state index in [2.05, 4.69) is 5.32 Å². The second kappa shape index (κ2) is 11.0. The zero-order chi connectivity index (χ0) is 23.1. The van der Waals surface area contributed by atoms with Crippen molar-refractivity contribution in [3.63, 3.8) is 0 Å². The molecule has 0 bridgehead atoms. The summed E-state index contributed by atoms with van der Waals surface area (Å²) in [7, 11) is 0. The van der Waals surface area contributed by atoms with Crippen molar-refractivity contribution in [2.75, 3.05) is 18.4 Å². The number of ether oxygens (including phenoxy) is 1. The van der Waals surface area contributed by atoms with E-state index in [0.29, 0.717) is 33.6 Å². The van der Waals surface area contributed by atoms with E-state index < -0.39 is 5.91 Å². The smallest absolute Gasteiger partial charge is 0.254 e. The van der Waals surface area contributed by atoms with Gasteiger partial charge in [0.25, 0.3) is 5.91 Å². The Morgan fingerprint density at radius 2 is 1.66 bits per heavy atom. The summed E-state index contributed by atoms with van der Waals surface area (Å²) in [5.74, 6) is -0.565. The van der Waals surface area contributed by atoms with Crippen LogP contribution in [0.1, 0.15) is 22.8 Å². The Labute approximate surface area is 195 Å². The Morgan fingerprint density at radius 1 is 1.00 bits per heavy atom. The summed E-state index contributed by atoms with van der Waals surface area (Å²) in [5.41, 5.74) is 1.49. The van der Waals surface area contributed by atoms with Gasteiger partial charge in [0.2, 0.25) is 5.91 Å². The Bertz CT molecular complexity index is 1090. The molecule has 0 saturated heterocycles. The highest BCUT2D eigenvalue weighted by Gasteiger charge is 2.19. The van der Waals surface area contributed by atoms with Crippen LogP contribution in [0.4, 0.5) is 10.1 Å². The minimum atomic E-state index is -0.418. The second-order valence-electron chi connectivity index (χ2n) is 6.91. The number of nitrogens with zero attached hydrogens (tertiary/aromatic N) is 1. The third kappa shape index (κ3) is 6.22. The van der Waals surface area contributed by atoms with Gasteiger partial charge < -0.3 is 15.0 Å². The Hall–Kier alpha value is -3.09. The van der Waals surface area contributed by atoms with Crippen molar-refractivity contribution in [3.8, 4) is 5.75 Å². The predicted octanol–water partition coefficient (Wildman–Crippen LogP) is 5.81. The van der Waals surface area contributed by atoms with Crippen molar-refractivity contribution in [2.24, 2.45) is 0 Å². The molecule has 3 rings (SSSR count). The second-order valence-corrected chi connectivity index (χ2v) is 7.72. The van der Waals surface area contributed by atoms with Crippen LogP contribution in [0.2, 0.25) is 10.0 Å². The van der Waals surface area contributed by atoms with E-state index >= 15 is 0 Å². The van der Waals surface area contributed by atoms with Gasteiger partial charge in [-0.25, -0.2) is 4.39 Å². The van der Waals surface area contributed by atoms with Gasteiger partial charge in [0.05, 0.1) is 15.7 Å². The first-order chi connectivity index (χ1) is 15.4. The molecule has 0 aliphatic rings. The maximum atomic E-state index is 13.0. The zero-order valence-corrected chi connectivity index (χ0v) is 18.8. The van der Waals surface area contributed by atoms with Crippen LogP contribution in [-0.4, -0.2) is 29.8 Å². The monoisotopic (exact) mass is 474 g/mol. The first-order valence-electron chi connectivity index (χ1n) is 9.88. The number of nitrogens with one attached hydrogen (secondary N) is 1. The SMILES string of the molecule is CCN(CC(=O)Nc1c(Cl)cccc1Cl)C(=O)c1cccc(OCc2ccc(F)cc2)c1. The number of amides is 2. The molecule has 0 radical (unpaired) electrons. The van der Waals surface area contributed by atoms with Gasteiger partial charge in [-0.3, -0.25) is 9.59 Å². The van der Waals surface area contributed by atoms with Gasteiger partial charge in [-0.1, -0.05) is 47.5 Å². The summed E-state index contributed by atoms with van der Waals surface area (Å²) in [4.78, 5) is 26.9. The highest BCUT2D eigenvalue weighted by molar-refractivity contribution is 6.39. The van der Waals surface area contributed by atoms with E-state index in [9.17, 15) is 14.0 Å². The highest BCUT2D eigenvalue weighted by Crippen LogP contribution is 2.29. The molecule has 8 heteroatoms. The van der Waals surface area contributed by atoms with Crippen molar-refractivity contribution >= 4 is 40.7 Å². The van der Waals surface area contributed by atoms with Crippen LogP contribution in [0.25, 0.3) is 0 Å². The Balaban J connectivity index is 1.64. The molecule has 166 valence electrons. The molecule has 0 aliphatic carbocycles. The molecular formula is C24H21Cl2FN2O3. The number of hydrogen-bond donors (Lipinski definition) is 1. The highest BCUT2D eigenvalue weighted by atomic mass is 35.5. The Morgan fingerprint density at radius 3 is 2.31 bits per heavy atom. The van der Waals surface area contributed by atoms with Gasteiger partial charge in [-0.15, -0.1) is 0 Å². The van der Waals surface area contributed by atoms with Crippen molar-refractivity contribution in [2.45, 2.75) is 13.5 Å². The molecule has 3 aromatic carbocycles. The number of halogens is 3. The quantitative estimate of drug-likeness (QED) is 0.447. The standard InChI is InChI=1S/C24H21Cl2FN2O3/c1-2-29(14-22(30)28-23-20(25)7-4-8-21(23)26)24(31)17-5-3-6-19(13-17)32-15-16-9-11-18(27)12-10-16/h3-13H,2,14-15H2,1H3,(H,28,30). The van der Waals surface area contributed by atoms with E-state index in [4.69, 9.17) is 27.9 Å². The number of hydrogen-bond acceptors (Lipinski definition) is 3. The normalized spacial score (nSPS) is 10.5. The summed E-state index contributed by atoms with van der Waals surface area (Å²) in [6.07, 6.45) is 0. The van der Waals surface area contributed by atoms with Crippen LogP contribution in [-0.2, 0) is 11.4 Å². The molecule has 1 N–H and O–H groups in total. The van der Waals surface area contributed by atoms with Crippen molar-refractivity contribution in [1.29, 1.82) is 0 Å². The lowest BCUT2D eigenvalue weighted by Gasteiger charge is -2.21. The van der Waals surface area contributed by atoms with Crippen molar-refractivity contribution < 1.29 is 18.7 Å². The lowest BCUT2D eigenvalue weighted by atomic mass is 10.2.